The molecule has 1 aliphatic heterocycles. The molecule has 2 rings (SSSR count). The van der Waals surface area contributed by atoms with E-state index in [-0.39, 0.29) is 6.10 Å². The molecule has 1 aromatic rings. The number of hydrogen-bond acceptors (Lipinski definition) is 4. The maximum Gasteiger partial charge on any atom is 0.121 e. The predicted octanol–water partition coefficient (Wildman–Crippen LogP) is 2.10. The van der Waals surface area contributed by atoms with E-state index in [0.717, 1.165) is 30.8 Å². The van der Waals surface area contributed by atoms with Gasteiger partial charge in [-0.05, 0) is 32.2 Å². The van der Waals surface area contributed by atoms with Crippen LogP contribution in [0.3, 0.4) is 0 Å². The van der Waals surface area contributed by atoms with Crippen LogP contribution < -0.4 is 5.73 Å². The van der Waals surface area contributed by atoms with E-state index in [4.69, 9.17) is 10.5 Å². The minimum Gasteiger partial charge on any atom is -0.368 e. The highest BCUT2D eigenvalue weighted by Gasteiger charge is 2.24. The molecular formula is C10H16N2OS. The number of ether oxygens (including phenoxy) is 1. The van der Waals surface area contributed by atoms with E-state index in [1.54, 1.807) is 11.3 Å². The van der Waals surface area contributed by atoms with Gasteiger partial charge in [-0.15, -0.1) is 11.3 Å². The van der Waals surface area contributed by atoms with Crippen LogP contribution in [0.4, 0.5) is 0 Å². The lowest BCUT2D eigenvalue weighted by molar-refractivity contribution is -0.0536. The van der Waals surface area contributed by atoms with Crippen molar-refractivity contribution >= 4 is 11.3 Å². The van der Waals surface area contributed by atoms with Crippen molar-refractivity contribution in [3.05, 3.63) is 16.6 Å². The van der Waals surface area contributed by atoms with Crippen molar-refractivity contribution in [1.82, 2.24) is 4.98 Å². The van der Waals surface area contributed by atoms with Crippen LogP contribution in [0.1, 0.15) is 36.8 Å². The molecule has 0 aliphatic carbocycles. The Kier molecular flexibility index (Phi) is 3.50. The van der Waals surface area contributed by atoms with Gasteiger partial charge < -0.3 is 10.5 Å². The van der Waals surface area contributed by atoms with Crippen LogP contribution in [-0.2, 0) is 4.74 Å². The molecule has 78 valence electrons. The normalized spacial score (nSPS) is 27.8. The Hall–Kier alpha value is -0.450. The molecule has 14 heavy (non-hydrogen) atoms. The first-order chi connectivity index (χ1) is 6.90. The highest BCUT2D eigenvalue weighted by atomic mass is 32.1. The smallest absolute Gasteiger partial charge is 0.121 e. The Morgan fingerprint density at radius 1 is 1.57 bits per heavy atom. The van der Waals surface area contributed by atoms with Gasteiger partial charge in [-0.1, -0.05) is 0 Å². The maximum absolute atomic E-state index is 5.94. The van der Waals surface area contributed by atoms with Crippen molar-refractivity contribution in [3.8, 4) is 0 Å². The maximum atomic E-state index is 5.94. The fraction of sp³-hybridized carbons (Fsp3) is 0.700. The zero-order chi connectivity index (χ0) is 9.80. The van der Waals surface area contributed by atoms with Gasteiger partial charge in [0, 0.05) is 11.6 Å². The second-order valence-electron chi connectivity index (χ2n) is 3.63. The summed E-state index contributed by atoms with van der Waals surface area (Å²) in [6.45, 7) is 0.718. The number of nitrogens with two attached hydrogens (primary N) is 1. The van der Waals surface area contributed by atoms with Gasteiger partial charge in [-0.2, -0.15) is 0 Å². The van der Waals surface area contributed by atoms with E-state index >= 15 is 0 Å². The summed E-state index contributed by atoms with van der Waals surface area (Å²) < 4.78 is 5.94. The van der Waals surface area contributed by atoms with Crippen LogP contribution >= 0.6 is 11.3 Å². The molecule has 1 saturated heterocycles. The van der Waals surface area contributed by atoms with Crippen LogP contribution in [0, 0.1) is 0 Å². The van der Waals surface area contributed by atoms with Crippen molar-refractivity contribution in [3.63, 3.8) is 0 Å². The Balaban J connectivity index is 1.94. The third kappa shape index (κ3) is 2.32. The Labute approximate surface area is 88.3 Å². The third-order valence-electron chi connectivity index (χ3n) is 2.56. The molecule has 2 atom stereocenters. The topological polar surface area (TPSA) is 48.1 Å². The molecule has 0 radical (unpaired) electrons. The summed E-state index contributed by atoms with van der Waals surface area (Å²) in [5.41, 5.74) is 5.53. The molecule has 2 N–H and O–H groups in total. The lowest BCUT2D eigenvalue weighted by Crippen LogP contribution is -2.24. The van der Waals surface area contributed by atoms with Crippen molar-refractivity contribution < 1.29 is 4.74 Å². The summed E-state index contributed by atoms with van der Waals surface area (Å²) in [6, 6.07) is 0. The molecule has 1 aliphatic rings. The van der Waals surface area contributed by atoms with Crippen LogP contribution in [0.5, 0.6) is 0 Å². The number of nitrogens with zero attached hydrogens (tertiary/aromatic N) is 1. The lowest BCUT2D eigenvalue weighted by Gasteiger charge is -2.28. The molecule has 0 saturated carbocycles. The van der Waals surface area contributed by atoms with Crippen molar-refractivity contribution in [2.45, 2.75) is 37.9 Å². The van der Waals surface area contributed by atoms with Gasteiger partial charge in [0.2, 0.25) is 0 Å². The monoisotopic (exact) mass is 212 g/mol. The first kappa shape index (κ1) is 10.1. The summed E-state index contributed by atoms with van der Waals surface area (Å²) in [5.74, 6) is 0. The first-order valence-corrected chi connectivity index (χ1v) is 6.03. The molecule has 2 unspecified atom stereocenters. The first-order valence-electron chi connectivity index (χ1n) is 5.15. The van der Waals surface area contributed by atoms with Crippen LogP contribution in [0.25, 0.3) is 0 Å². The molecular weight excluding hydrogens is 196 g/mol. The molecule has 0 spiro atoms. The summed E-state index contributed by atoms with van der Waals surface area (Å²) >= 11 is 1.68. The molecule has 1 aromatic heterocycles. The molecule has 1 fully saturated rings. The van der Waals surface area contributed by atoms with Crippen molar-refractivity contribution in [2.75, 3.05) is 6.54 Å². The van der Waals surface area contributed by atoms with E-state index < -0.39 is 0 Å². The fourth-order valence-electron chi connectivity index (χ4n) is 1.87. The van der Waals surface area contributed by atoms with E-state index in [9.17, 15) is 0 Å². The average Bonchev–Trinajstić information content (AvgIpc) is 2.71. The van der Waals surface area contributed by atoms with Crippen LogP contribution in [0.15, 0.2) is 11.6 Å². The van der Waals surface area contributed by atoms with Gasteiger partial charge in [0.15, 0.2) is 0 Å². The van der Waals surface area contributed by atoms with Crippen LogP contribution in [-0.4, -0.2) is 17.6 Å². The quantitative estimate of drug-likeness (QED) is 0.834. The number of rotatable bonds is 3. The van der Waals surface area contributed by atoms with Crippen molar-refractivity contribution in [2.24, 2.45) is 5.73 Å². The predicted molar refractivity (Wildman–Crippen MR) is 57.3 cm³/mol. The number of hydrogen-bond donors (Lipinski definition) is 1. The molecule has 4 heteroatoms. The van der Waals surface area contributed by atoms with Gasteiger partial charge >= 0.3 is 0 Å². The molecule has 2 heterocycles. The number of thiazole rings is 1. The largest absolute Gasteiger partial charge is 0.368 e. The van der Waals surface area contributed by atoms with Gasteiger partial charge in [0.25, 0.3) is 0 Å². The van der Waals surface area contributed by atoms with E-state index in [1.807, 2.05) is 11.6 Å². The zero-order valence-electron chi connectivity index (χ0n) is 8.19. The van der Waals surface area contributed by atoms with Gasteiger partial charge in [0.1, 0.15) is 11.1 Å². The minimum atomic E-state index is 0.222. The summed E-state index contributed by atoms with van der Waals surface area (Å²) in [6.07, 6.45) is 6.88. The molecule has 3 nitrogen and oxygen atoms in total. The summed E-state index contributed by atoms with van der Waals surface area (Å²) in [7, 11) is 0. The second kappa shape index (κ2) is 4.87. The van der Waals surface area contributed by atoms with Crippen LogP contribution in [0.2, 0.25) is 0 Å². The van der Waals surface area contributed by atoms with Crippen molar-refractivity contribution in [1.29, 1.82) is 0 Å². The Morgan fingerprint density at radius 3 is 3.21 bits per heavy atom. The fourth-order valence-corrected chi connectivity index (χ4v) is 2.58. The third-order valence-corrected chi connectivity index (χ3v) is 3.43. The van der Waals surface area contributed by atoms with E-state index in [2.05, 4.69) is 4.98 Å². The minimum absolute atomic E-state index is 0.222. The molecule has 0 amide bonds. The van der Waals surface area contributed by atoms with Gasteiger partial charge in [-0.3, -0.25) is 0 Å². The SMILES string of the molecule is NCCC1CCCC(c2nccs2)O1. The number of aromatic nitrogens is 1. The Morgan fingerprint density at radius 2 is 2.50 bits per heavy atom. The highest BCUT2D eigenvalue weighted by molar-refractivity contribution is 7.09. The van der Waals surface area contributed by atoms with E-state index in [1.165, 1.54) is 6.42 Å². The second-order valence-corrected chi connectivity index (χ2v) is 4.55. The van der Waals surface area contributed by atoms with Gasteiger partial charge in [0.05, 0.1) is 6.10 Å². The summed E-state index contributed by atoms with van der Waals surface area (Å²) in [5, 5.41) is 3.12. The average molecular weight is 212 g/mol. The highest BCUT2D eigenvalue weighted by Crippen LogP contribution is 2.32. The van der Waals surface area contributed by atoms with Gasteiger partial charge in [-0.25, -0.2) is 4.98 Å². The molecule has 0 aromatic carbocycles. The Bertz CT molecular complexity index is 261. The van der Waals surface area contributed by atoms with E-state index in [0.29, 0.717) is 6.10 Å². The zero-order valence-corrected chi connectivity index (χ0v) is 9.00. The lowest BCUT2D eigenvalue weighted by atomic mass is 10.0. The molecule has 0 bridgehead atoms. The standard InChI is InChI=1S/C10H16N2OS/c11-5-4-8-2-1-3-9(13-8)10-12-6-7-14-10/h6-9H,1-5,11H2. The summed E-state index contributed by atoms with van der Waals surface area (Å²) in [4.78, 5) is 4.30.